The van der Waals surface area contributed by atoms with Gasteiger partial charge in [-0.1, -0.05) is 0 Å². The van der Waals surface area contributed by atoms with E-state index in [0.29, 0.717) is 5.95 Å². The van der Waals surface area contributed by atoms with Crippen molar-refractivity contribution in [2.45, 2.75) is 13.3 Å². The monoisotopic (exact) mass is 280 g/mol. The zero-order chi connectivity index (χ0) is 13.8. The highest BCUT2D eigenvalue weighted by Gasteiger charge is 2.09. The van der Waals surface area contributed by atoms with Crippen molar-refractivity contribution in [3.05, 3.63) is 10.9 Å². The largest absolute Gasteiger partial charge is 0.369 e. The minimum atomic E-state index is 0.449. The van der Waals surface area contributed by atoms with Gasteiger partial charge in [-0.05, 0) is 40.1 Å². The highest BCUT2D eigenvalue weighted by molar-refractivity contribution is 7.18. The Hall–Kier alpha value is -1.44. The molecule has 0 saturated heterocycles. The average Bonchev–Trinajstić information content (AvgIpc) is 2.74. The minimum absolute atomic E-state index is 0.449. The van der Waals surface area contributed by atoms with E-state index in [4.69, 9.17) is 5.84 Å². The smallest absolute Gasteiger partial charge is 0.240 e. The van der Waals surface area contributed by atoms with Crippen LogP contribution < -0.4 is 16.6 Å². The van der Waals surface area contributed by atoms with Crippen LogP contribution in [0.4, 0.5) is 11.8 Å². The molecule has 0 aromatic carbocycles. The normalized spacial score (nSPS) is 11.2. The molecule has 104 valence electrons. The number of aryl methyl sites for hydroxylation is 1. The van der Waals surface area contributed by atoms with Crippen LogP contribution in [0.1, 0.15) is 11.3 Å². The van der Waals surface area contributed by atoms with Crippen LogP contribution in [0.3, 0.4) is 0 Å². The van der Waals surface area contributed by atoms with Crippen molar-refractivity contribution in [2.75, 3.05) is 37.9 Å². The highest BCUT2D eigenvalue weighted by Crippen LogP contribution is 2.29. The van der Waals surface area contributed by atoms with Crippen LogP contribution in [-0.2, 0) is 0 Å². The number of nitrogens with zero attached hydrogens (tertiary/aromatic N) is 3. The highest BCUT2D eigenvalue weighted by atomic mass is 32.1. The van der Waals surface area contributed by atoms with Crippen LogP contribution in [-0.4, -0.2) is 42.1 Å². The Morgan fingerprint density at radius 3 is 2.84 bits per heavy atom. The molecule has 0 atom stereocenters. The predicted octanol–water partition coefficient (Wildman–Crippen LogP) is 1.65. The number of hydrazine groups is 1. The van der Waals surface area contributed by atoms with Gasteiger partial charge in [0.15, 0.2) is 0 Å². The Kier molecular flexibility index (Phi) is 4.52. The molecule has 2 heterocycles. The lowest BCUT2D eigenvalue weighted by Crippen LogP contribution is -2.17. The second-order valence-electron chi connectivity index (χ2n) is 4.70. The molecular weight excluding hydrogens is 260 g/mol. The van der Waals surface area contributed by atoms with Crippen LogP contribution in [0.15, 0.2) is 6.07 Å². The second-order valence-corrected chi connectivity index (χ2v) is 5.93. The number of hydrogen-bond acceptors (Lipinski definition) is 7. The van der Waals surface area contributed by atoms with Crippen LogP contribution in [0.5, 0.6) is 0 Å². The first-order valence-electron chi connectivity index (χ1n) is 6.23. The van der Waals surface area contributed by atoms with Gasteiger partial charge in [-0.25, -0.2) is 10.8 Å². The van der Waals surface area contributed by atoms with E-state index in [0.717, 1.165) is 35.5 Å². The van der Waals surface area contributed by atoms with E-state index in [1.165, 1.54) is 4.88 Å². The van der Waals surface area contributed by atoms with Crippen molar-refractivity contribution >= 4 is 33.3 Å². The van der Waals surface area contributed by atoms with Gasteiger partial charge >= 0.3 is 0 Å². The molecule has 7 heteroatoms. The average molecular weight is 280 g/mol. The van der Waals surface area contributed by atoms with Gasteiger partial charge in [0.2, 0.25) is 5.95 Å². The molecule has 0 aliphatic carbocycles. The minimum Gasteiger partial charge on any atom is -0.369 e. The zero-order valence-corrected chi connectivity index (χ0v) is 12.3. The Morgan fingerprint density at radius 2 is 2.16 bits per heavy atom. The Bertz CT molecular complexity index is 550. The van der Waals surface area contributed by atoms with Gasteiger partial charge < -0.3 is 10.2 Å². The van der Waals surface area contributed by atoms with Gasteiger partial charge in [-0.15, -0.1) is 11.3 Å². The van der Waals surface area contributed by atoms with Crippen LogP contribution in [0.25, 0.3) is 10.2 Å². The van der Waals surface area contributed by atoms with Gasteiger partial charge in [-0.3, -0.25) is 5.43 Å². The van der Waals surface area contributed by atoms with Crippen LogP contribution in [0.2, 0.25) is 0 Å². The molecule has 0 amide bonds. The number of anilines is 2. The van der Waals surface area contributed by atoms with Crippen LogP contribution in [0, 0.1) is 6.92 Å². The molecule has 2 aromatic heterocycles. The maximum atomic E-state index is 5.41. The first-order chi connectivity index (χ1) is 9.10. The molecule has 0 spiro atoms. The zero-order valence-electron chi connectivity index (χ0n) is 11.5. The summed E-state index contributed by atoms with van der Waals surface area (Å²) in [4.78, 5) is 13.1. The number of thiophene rings is 1. The molecule has 0 saturated carbocycles. The SMILES string of the molecule is Cc1cc2c(NCCCN(C)C)nc(NN)nc2s1. The van der Waals surface area contributed by atoms with Crippen molar-refractivity contribution in [3.63, 3.8) is 0 Å². The summed E-state index contributed by atoms with van der Waals surface area (Å²) < 4.78 is 0. The summed E-state index contributed by atoms with van der Waals surface area (Å²) in [5, 5.41) is 4.43. The molecule has 6 nitrogen and oxygen atoms in total. The van der Waals surface area contributed by atoms with E-state index >= 15 is 0 Å². The van der Waals surface area contributed by atoms with E-state index in [2.05, 4.69) is 52.7 Å². The van der Waals surface area contributed by atoms with Gasteiger partial charge in [0.1, 0.15) is 10.6 Å². The van der Waals surface area contributed by atoms with E-state index < -0.39 is 0 Å². The van der Waals surface area contributed by atoms with E-state index in [-0.39, 0.29) is 0 Å². The van der Waals surface area contributed by atoms with Crippen molar-refractivity contribution in [3.8, 4) is 0 Å². The maximum Gasteiger partial charge on any atom is 0.240 e. The standard InChI is InChI=1S/C12H20N6S/c1-8-7-9-10(14-5-4-6-18(2)3)15-12(17-13)16-11(9)19-8/h7H,4-6,13H2,1-3H3,(H2,14,15,16,17). The molecule has 2 aromatic rings. The lowest BCUT2D eigenvalue weighted by Gasteiger charge is -2.11. The summed E-state index contributed by atoms with van der Waals surface area (Å²) in [5.74, 6) is 6.70. The molecule has 19 heavy (non-hydrogen) atoms. The van der Waals surface area contributed by atoms with E-state index in [1.54, 1.807) is 11.3 Å². The Balaban J connectivity index is 2.15. The van der Waals surface area contributed by atoms with Crippen molar-refractivity contribution < 1.29 is 0 Å². The fourth-order valence-electron chi connectivity index (χ4n) is 1.84. The van der Waals surface area contributed by atoms with E-state index in [9.17, 15) is 0 Å². The quantitative estimate of drug-likeness (QED) is 0.424. The molecule has 0 bridgehead atoms. The fourth-order valence-corrected chi connectivity index (χ4v) is 2.72. The third-order valence-corrected chi connectivity index (χ3v) is 3.66. The lowest BCUT2D eigenvalue weighted by molar-refractivity contribution is 0.405. The number of hydrogen-bond donors (Lipinski definition) is 3. The van der Waals surface area contributed by atoms with Crippen molar-refractivity contribution in [1.29, 1.82) is 0 Å². The molecule has 0 aliphatic rings. The van der Waals surface area contributed by atoms with Crippen molar-refractivity contribution in [1.82, 2.24) is 14.9 Å². The van der Waals surface area contributed by atoms with Gasteiger partial charge in [0.05, 0.1) is 5.39 Å². The molecule has 4 N–H and O–H groups in total. The molecule has 0 fully saturated rings. The molecule has 0 radical (unpaired) electrons. The fraction of sp³-hybridized carbons (Fsp3) is 0.500. The lowest BCUT2D eigenvalue weighted by atomic mass is 10.3. The van der Waals surface area contributed by atoms with E-state index in [1.807, 2.05) is 0 Å². The number of fused-ring (bicyclic) bond motifs is 1. The number of rotatable bonds is 6. The summed E-state index contributed by atoms with van der Waals surface area (Å²) >= 11 is 1.65. The number of nitrogen functional groups attached to an aromatic ring is 1. The maximum absolute atomic E-state index is 5.41. The molecule has 2 rings (SSSR count). The second kappa shape index (κ2) is 6.14. The topological polar surface area (TPSA) is 79.1 Å². The van der Waals surface area contributed by atoms with Crippen LogP contribution >= 0.6 is 11.3 Å². The summed E-state index contributed by atoms with van der Waals surface area (Å²) in [6.45, 7) is 3.99. The number of nitrogens with one attached hydrogen (secondary N) is 2. The Morgan fingerprint density at radius 1 is 1.37 bits per heavy atom. The van der Waals surface area contributed by atoms with Crippen molar-refractivity contribution in [2.24, 2.45) is 5.84 Å². The van der Waals surface area contributed by atoms with Gasteiger partial charge in [-0.2, -0.15) is 4.98 Å². The Labute approximate surface area is 117 Å². The summed E-state index contributed by atoms with van der Waals surface area (Å²) in [5.41, 5.74) is 2.51. The number of nitrogens with two attached hydrogens (primary N) is 1. The third kappa shape index (κ3) is 3.52. The summed E-state index contributed by atoms with van der Waals surface area (Å²) in [6, 6.07) is 2.11. The molecular formula is C12H20N6S. The van der Waals surface area contributed by atoms with Gasteiger partial charge in [0.25, 0.3) is 0 Å². The third-order valence-electron chi connectivity index (χ3n) is 2.72. The number of aromatic nitrogens is 2. The first kappa shape index (κ1) is 14.0. The van der Waals surface area contributed by atoms with Gasteiger partial charge in [0, 0.05) is 11.4 Å². The summed E-state index contributed by atoms with van der Waals surface area (Å²) in [7, 11) is 4.14. The summed E-state index contributed by atoms with van der Waals surface area (Å²) in [6.07, 6.45) is 1.06. The molecule has 0 unspecified atom stereocenters. The first-order valence-corrected chi connectivity index (χ1v) is 7.05. The predicted molar refractivity (Wildman–Crippen MR) is 81.6 cm³/mol. The molecule has 0 aliphatic heterocycles.